The third-order valence-electron chi connectivity index (χ3n) is 26.1. The fourth-order valence-electron chi connectivity index (χ4n) is 18.9. The summed E-state index contributed by atoms with van der Waals surface area (Å²) >= 11 is 0. The van der Waals surface area contributed by atoms with Crippen LogP contribution in [-0.2, 0) is 57.0 Å². The summed E-state index contributed by atoms with van der Waals surface area (Å²) in [7, 11) is 5.67. The summed E-state index contributed by atoms with van der Waals surface area (Å²) < 4.78 is 47.7. The monoisotopic (exact) mass is 1960 g/mol. The molecule has 0 spiro atoms. The number of likely N-dealkylation sites (tertiary alicyclic amines) is 3. The molecule has 0 radical (unpaired) electrons. The quantitative estimate of drug-likeness (QED) is 0.0276. The van der Waals surface area contributed by atoms with Crippen LogP contribution in [0, 0.1) is 41.2 Å². The smallest absolute Gasteiger partial charge is 0.410 e. The molecule has 14 heterocycles. The second kappa shape index (κ2) is 46.7. The van der Waals surface area contributed by atoms with E-state index in [0.29, 0.717) is 87.7 Å². The Morgan fingerprint density at radius 2 is 0.746 bits per heavy atom. The van der Waals surface area contributed by atoms with Gasteiger partial charge in [-0.1, -0.05) is 162 Å². The number of aliphatic carboxylic acids is 1. The van der Waals surface area contributed by atoms with Gasteiger partial charge in [0, 0.05) is 164 Å². The molecule has 9 aromatic heterocycles. The van der Waals surface area contributed by atoms with E-state index in [9.17, 15) is 62.5 Å². The molecule has 0 aliphatic carbocycles. The van der Waals surface area contributed by atoms with E-state index in [2.05, 4.69) is 66.1 Å². The number of amides is 3. The molecule has 0 bridgehead atoms. The molecule has 5 aliphatic rings. The number of imidazole rings is 3. The molecule has 35 nitrogen and oxygen atoms in total. The lowest BCUT2D eigenvalue weighted by Gasteiger charge is -2.41. The van der Waals surface area contributed by atoms with Gasteiger partial charge < -0.3 is 91.3 Å². The zero-order valence-corrected chi connectivity index (χ0v) is 81.5. The number of aliphatic hydroxyl groups is 3. The highest BCUT2D eigenvalue weighted by Gasteiger charge is 2.49. The Hall–Kier alpha value is -14.5. The topological polar surface area (TPSA) is 447 Å². The maximum Gasteiger partial charge on any atom is 0.410 e. The number of piperidine rings is 5. The van der Waals surface area contributed by atoms with Gasteiger partial charge in [0.05, 0.1) is 83.2 Å². The molecule has 9 N–H and O–H groups in total. The van der Waals surface area contributed by atoms with Gasteiger partial charge in [-0.2, -0.15) is 0 Å². The Morgan fingerprint density at radius 1 is 0.415 bits per heavy atom. The van der Waals surface area contributed by atoms with Crippen molar-refractivity contribution in [2.45, 2.75) is 134 Å². The Morgan fingerprint density at radius 3 is 1.08 bits per heavy atom. The number of carboxylic acids is 1. The van der Waals surface area contributed by atoms with Crippen LogP contribution >= 0.6 is 0 Å². The summed E-state index contributed by atoms with van der Waals surface area (Å²) in [5, 5.41) is 64.6. The van der Waals surface area contributed by atoms with Crippen LogP contribution in [0.2, 0.25) is 0 Å². The lowest BCUT2D eigenvalue weighted by molar-refractivity contribution is -0.663. The number of carbonyl (C=O) groups is 8. The highest BCUT2D eigenvalue weighted by atomic mass is 35.5. The first-order valence-electron chi connectivity index (χ1n) is 47.3. The Labute approximate surface area is 825 Å². The fraction of sp³-hybridized carbons (Fsp3) is 0.375. The van der Waals surface area contributed by atoms with Crippen molar-refractivity contribution in [1.29, 1.82) is 0 Å². The SMILES string of the molecule is CC(C)(C)OC(=O)N1CCC(C(=O)c2ccccc2)CC1.Cn1ccnc1C(O)(c1ccccc1)C1CCN(C(=O)C(=O)c2c[nH]c3c(-n4ccnn4)ncc(F)c23)CC1.Cn1ccnc1C(O)(c1ccccc1)C1CCN(C(=O)OC(C)(C)C)CC1.Cn1ccnc1C(O)(c1ccccc1)C1CCNCC1.O=C(O)C(=O)c1c[nH]c2c(-n3ccnn3)ncc(F)c12.O=C(c1ccccc1)C1CC[NH2+]CC1.[Cl-]. The van der Waals surface area contributed by atoms with Crippen molar-refractivity contribution >= 4 is 69.0 Å². The van der Waals surface area contributed by atoms with Gasteiger partial charge in [-0.25, -0.2) is 57.4 Å². The van der Waals surface area contributed by atoms with E-state index in [1.165, 1.54) is 39.1 Å². The average molecular weight is 1960 g/mol. The predicted octanol–water partition coefficient (Wildman–Crippen LogP) is 9.25. The Kier molecular flexibility index (Phi) is 34.5. The molecule has 5 aliphatic heterocycles. The minimum absolute atomic E-state index is 0. The van der Waals surface area contributed by atoms with Crippen molar-refractivity contribution in [3.8, 4) is 11.6 Å². The molecule has 5 saturated heterocycles. The van der Waals surface area contributed by atoms with E-state index >= 15 is 0 Å². The van der Waals surface area contributed by atoms with Crippen LogP contribution in [0.3, 0.4) is 0 Å². The summed E-state index contributed by atoms with van der Waals surface area (Å²) in [6, 6.07) is 48.0. The zero-order chi connectivity index (χ0) is 100. The van der Waals surface area contributed by atoms with Gasteiger partial charge >= 0.3 is 18.2 Å². The normalized spacial score (nSPS) is 16.4. The highest BCUT2D eigenvalue weighted by molar-refractivity contribution is 6.45. The molecule has 38 heteroatoms. The fourth-order valence-corrected chi connectivity index (χ4v) is 18.9. The molecule has 5 aromatic carbocycles. The number of benzene rings is 5. The first-order chi connectivity index (χ1) is 67.7. The van der Waals surface area contributed by atoms with Gasteiger partial charge in [0.15, 0.2) is 46.0 Å². The number of quaternary nitrogens is 1. The van der Waals surface area contributed by atoms with Crippen LogP contribution in [0.4, 0.5) is 18.4 Å². The van der Waals surface area contributed by atoms with Crippen LogP contribution in [-0.4, -0.2) is 238 Å². The number of aryl methyl sites for hydroxylation is 3. The van der Waals surface area contributed by atoms with Crippen LogP contribution < -0.4 is 23.0 Å². The number of halogens is 3. The predicted molar refractivity (Wildman–Crippen MR) is 518 cm³/mol. The van der Waals surface area contributed by atoms with Gasteiger partial charge in [0.1, 0.15) is 34.3 Å². The Balaban J connectivity index is 0.000000147. The summed E-state index contributed by atoms with van der Waals surface area (Å²) in [5.41, 5.74) is -0.404. The maximum absolute atomic E-state index is 14.8. The summed E-state index contributed by atoms with van der Waals surface area (Å²) in [6.07, 6.45) is 27.9. The van der Waals surface area contributed by atoms with Crippen LogP contribution in [0.15, 0.2) is 238 Å². The van der Waals surface area contributed by atoms with Crippen LogP contribution in [0.5, 0.6) is 0 Å². The second-order valence-corrected chi connectivity index (χ2v) is 37.6. The van der Waals surface area contributed by atoms with Crippen molar-refractivity contribution < 1.29 is 94.8 Å². The number of pyridine rings is 2. The number of ether oxygens (including phenoxy) is 2. The third kappa shape index (κ3) is 24.2. The number of hydrogen-bond donors (Lipinski definition) is 8. The van der Waals surface area contributed by atoms with E-state index in [0.717, 1.165) is 98.5 Å². The van der Waals surface area contributed by atoms with Gasteiger partial charge in [-0.05, 0) is 123 Å². The maximum atomic E-state index is 14.8. The summed E-state index contributed by atoms with van der Waals surface area (Å²) in [4.78, 5) is 129. The van der Waals surface area contributed by atoms with Crippen molar-refractivity contribution in [2.24, 2.45) is 50.7 Å². The molecule has 3 atom stereocenters. The van der Waals surface area contributed by atoms with E-state index in [4.69, 9.17) is 14.6 Å². The standard InChI is InChI=1S/C27H25FN8O3.C21H29N3O3.C17H23NO3.C16H21N3O.C12H15NO.C11H6FN5O3.ClH/c1-34-13-9-29-26(34)27(39,17-5-3-2-4-6-17)18-7-11-35(12-8-18)25(38)23(37)19-15-30-22-21(19)20(28)16-31-24(22)36-14-10-32-33-36;1-20(2,3)27-19(25)24-13-10-17(11-14-24)21(26,16-8-6-5-7-9-16)18-22-12-15-23(18)4;1-17(2,3)21-16(20)18-11-9-14(10-12-18)15(19)13-7-5-4-6-8-13;1-19-12-11-18-15(19)16(20,13-5-3-2-4-6-13)14-7-9-17-10-8-14;14-12(10-4-2-1-3-5-10)11-6-8-13-9-7-11;12-6-4-14-10(17-2-1-15-16-17)8-7(6)5(3-13-8)9(18)11(19)20;/h2-6,9-10,13-16,18,30,39H,7-8,11-12H2,1H3;5-9,12,15,17,26H,10-11,13-14H2,1-4H3;4-8,14H,9-12H2,1-3H3;2-6,11-12,14,17,20H,7-10H2,1H3;1-5,11,13H,6-9H2;1-4,13H,(H,19,20);1H. The number of rotatable bonds is 19. The minimum atomic E-state index is -1.66. The number of ketones is 4. The first-order valence-corrected chi connectivity index (χ1v) is 47.3. The number of aromatic amines is 2. The Bertz CT molecular complexity index is 6560. The van der Waals surface area contributed by atoms with Gasteiger partial charge in [0.2, 0.25) is 0 Å². The molecular weight excluding hydrogens is 1840 g/mol. The number of Topliss-reactive ketones (excluding diaryl/α,β-unsaturated/α-hetero) is 4. The molecule has 142 heavy (non-hydrogen) atoms. The van der Waals surface area contributed by atoms with Crippen molar-refractivity contribution in [3.05, 3.63) is 306 Å². The van der Waals surface area contributed by atoms with Crippen molar-refractivity contribution in [1.82, 2.24) is 98.6 Å². The molecule has 19 rings (SSSR count). The molecule has 3 amide bonds. The molecule has 14 aromatic rings. The number of nitrogens with zero attached hydrogens (tertiary/aromatic N) is 17. The molecule has 5 fully saturated rings. The number of carboxylic acid groups (broad SMARTS) is 1. The van der Waals surface area contributed by atoms with E-state index in [-0.39, 0.29) is 118 Å². The lowest BCUT2D eigenvalue weighted by atomic mass is 9.75. The first kappa shape index (κ1) is 105. The molecule has 746 valence electrons. The van der Waals surface area contributed by atoms with Gasteiger partial charge in [-0.15, -0.1) is 10.2 Å². The number of fused-ring (bicyclic) bond motifs is 2. The van der Waals surface area contributed by atoms with E-state index in [1.54, 1.807) is 45.4 Å². The lowest BCUT2D eigenvalue weighted by Crippen LogP contribution is -3.00. The van der Waals surface area contributed by atoms with Crippen molar-refractivity contribution in [2.75, 3.05) is 65.4 Å². The number of H-pyrrole nitrogens is 2. The second-order valence-electron chi connectivity index (χ2n) is 37.6. The highest BCUT2D eigenvalue weighted by Crippen LogP contribution is 2.45. The summed E-state index contributed by atoms with van der Waals surface area (Å²) in [5.74, 6) is -2.92. The minimum Gasteiger partial charge on any atom is -1.00 e. The average Bonchev–Trinajstić information content (AvgIpc) is 1.25. The van der Waals surface area contributed by atoms with E-state index in [1.807, 2.05) is 236 Å². The third-order valence-corrected chi connectivity index (χ3v) is 26.1. The van der Waals surface area contributed by atoms with Crippen LogP contribution in [0.25, 0.3) is 33.4 Å². The number of nitrogens with one attached hydrogen (secondary N) is 3. The molecular formula is C104H120ClF2N21O14. The number of nitrogens with two attached hydrogens (primary N) is 1. The van der Waals surface area contributed by atoms with E-state index < -0.39 is 63.1 Å². The zero-order valence-electron chi connectivity index (χ0n) is 80.7. The number of hydrogen-bond acceptors (Lipinski definition) is 23. The molecule has 3 unspecified atom stereocenters. The number of aromatic nitrogens is 16. The summed E-state index contributed by atoms with van der Waals surface area (Å²) in [6.45, 7) is 18.1. The number of carbonyl (C=O) groups excluding carboxylic acids is 7. The largest absolute Gasteiger partial charge is 1.00 e. The van der Waals surface area contributed by atoms with Gasteiger partial charge in [0.25, 0.3) is 17.5 Å². The van der Waals surface area contributed by atoms with Crippen LogP contribution in [0.1, 0.15) is 181 Å². The van der Waals surface area contributed by atoms with Crippen molar-refractivity contribution in [3.63, 3.8) is 0 Å². The molecule has 0 saturated carbocycles. The van der Waals surface area contributed by atoms with Gasteiger partial charge in [-0.3, -0.25) is 24.0 Å².